The Morgan fingerprint density at radius 3 is 2.29 bits per heavy atom. The number of amides is 2. The highest BCUT2D eigenvalue weighted by Gasteiger charge is 2.41. The van der Waals surface area contributed by atoms with Gasteiger partial charge in [-0.1, -0.05) is 35.9 Å². The third kappa shape index (κ3) is 7.82. The van der Waals surface area contributed by atoms with Gasteiger partial charge in [-0.2, -0.15) is 0 Å². The second-order valence-corrected chi connectivity index (χ2v) is 15.9. The van der Waals surface area contributed by atoms with Gasteiger partial charge >= 0.3 is 12.1 Å². The molecule has 1 atom stereocenters. The number of halogens is 1. The first-order valence-electron chi connectivity index (χ1n) is 17.0. The first kappa shape index (κ1) is 35.0. The van der Waals surface area contributed by atoms with Gasteiger partial charge in [-0.3, -0.25) is 14.5 Å². The Morgan fingerprint density at radius 2 is 1.61 bits per heavy atom. The maximum Gasteiger partial charge on any atom is 0.410 e. The van der Waals surface area contributed by atoms with Crippen LogP contribution in [-0.2, 0) is 14.3 Å². The fraction of sp³-hybridized carbons (Fsp3) is 0.500. The highest BCUT2D eigenvalue weighted by molar-refractivity contribution is 6.34. The summed E-state index contributed by atoms with van der Waals surface area (Å²) in [4.78, 5) is 47.6. The van der Waals surface area contributed by atoms with Gasteiger partial charge in [-0.05, 0) is 89.2 Å². The van der Waals surface area contributed by atoms with E-state index < -0.39 is 17.1 Å². The van der Waals surface area contributed by atoms with Gasteiger partial charge in [0.25, 0.3) is 5.91 Å². The Labute approximate surface area is 293 Å². The number of rotatable bonds is 6. The van der Waals surface area contributed by atoms with Crippen LogP contribution in [0.15, 0.2) is 48.5 Å². The van der Waals surface area contributed by atoms with E-state index in [0.717, 1.165) is 42.5 Å². The summed E-state index contributed by atoms with van der Waals surface area (Å²) in [6, 6.07) is 15.3. The Bertz CT molecular complexity index is 1750. The summed E-state index contributed by atoms with van der Waals surface area (Å²) in [6.45, 7) is 16.4. The van der Waals surface area contributed by atoms with Crippen molar-refractivity contribution in [2.45, 2.75) is 53.2 Å². The topological polar surface area (TPSA) is 91.9 Å². The molecule has 0 saturated carbocycles. The molecule has 1 unspecified atom stereocenters. The van der Waals surface area contributed by atoms with Crippen molar-refractivity contribution < 1.29 is 28.6 Å². The lowest BCUT2D eigenvalue weighted by atomic mass is 9.95. The standard InChI is InChI=1S/C38H47ClN4O6/c1-37(2,3)35(45)47-26-16-25-10-8-9-11-27(25)28(17-26)29-18-32-31(19-30(29)39)43(22-24-20-42(21-24)36(46)49-38(4,5)6)34(44)33(48-32)23-41-14-12-40(7)13-15-41/h8-11,16-19,24,33H,12-15,20-23H2,1-7H3. The molecule has 3 aromatic rings. The van der Waals surface area contributed by atoms with Crippen molar-refractivity contribution in [3.63, 3.8) is 0 Å². The van der Waals surface area contributed by atoms with E-state index >= 15 is 0 Å². The number of hydrogen-bond acceptors (Lipinski definition) is 8. The van der Waals surface area contributed by atoms with E-state index in [0.29, 0.717) is 54.0 Å². The largest absolute Gasteiger partial charge is 0.477 e. The molecule has 11 heteroatoms. The van der Waals surface area contributed by atoms with Crippen LogP contribution in [0.25, 0.3) is 21.9 Å². The minimum absolute atomic E-state index is 0.0725. The quantitative estimate of drug-likeness (QED) is 0.219. The summed E-state index contributed by atoms with van der Waals surface area (Å²) in [5.41, 5.74) is 0.840. The molecule has 3 aliphatic rings. The Morgan fingerprint density at radius 1 is 0.918 bits per heavy atom. The van der Waals surface area contributed by atoms with E-state index in [1.165, 1.54) is 0 Å². The summed E-state index contributed by atoms with van der Waals surface area (Å²) in [7, 11) is 2.10. The lowest BCUT2D eigenvalue weighted by molar-refractivity contribution is -0.143. The maximum atomic E-state index is 14.1. The molecule has 262 valence electrons. The monoisotopic (exact) mass is 690 g/mol. The second kappa shape index (κ2) is 13.5. The van der Waals surface area contributed by atoms with Crippen LogP contribution in [0.1, 0.15) is 41.5 Å². The number of esters is 1. The third-order valence-electron chi connectivity index (χ3n) is 9.17. The van der Waals surface area contributed by atoms with Gasteiger partial charge in [0.15, 0.2) is 6.10 Å². The molecule has 2 amide bonds. The van der Waals surface area contributed by atoms with Gasteiger partial charge in [0, 0.05) is 63.8 Å². The summed E-state index contributed by atoms with van der Waals surface area (Å²) in [5, 5.41) is 2.27. The summed E-state index contributed by atoms with van der Waals surface area (Å²) in [6.07, 6.45) is -1.05. The van der Waals surface area contributed by atoms with Gasteiger partial charge in [0.2, 0.25) is 0 Å². The minimum atomic E-state index is -0.706. The predicted molar refractivity (Wildman–Crippen MR) is 191 cm³/mol. The average molecular weight is 691 g/mol. The molecule has 0 bridgehead atoms. The summed E-state index contributed by atoms with van der Waals surface area (Å²) in [5.74, 6) is 0.599. The van der Waals surface area contributed by atoms with Crippen molar-refractivity contribution in [3.05, 3.63) is 53.6 Å². The molecule has 0 radical (unpaired) electrons. The van der Waals surface area contributed by atoms with Crippen LogP contribution in [0.5, 0.6) is 11.5 Å². The van der Waals surface area contributed by atoms with Crippen molar-refractivity contribution in [1.29, 1.82) is 0 Å². The molecule has 10 nitrogen and oxygen atoms in total. The Kier molecular flexibility index (Phi) is 9.61. The molecule has 6 rings (SSSR count). The van der Waals surface area contributed by atoms with E-state index in [-0.39, 0.29) is 23.9 Å². The van der Waals surface area contributed by atoms with E-state index in [1.54, 1.807) is 15.9 Å². The van der Waals surface area contributed by atoms with Gasteiger partial charge in [0.1, 0.15) is 17.1 Å². The number of benzene rings is 3. The molecule has 2 saturated heterocycles. The fourth-order valence-electron chi connectivity index (χ4n) is 6.36. The van der Waals surface area contributed by atoms with E-state index in [9.17, 15) is 14.4 Å². The lowest BCUT2D eigenvalue weighted by Gasteiger charge is -2.44. The number of likely N-dealkylation sites (N-methyl/N-ethyl adjacent to an activating group) is 1. The number of carbonyl (C=O) groups excluding carboxylic acids is 3. The molecule has 0 aliphatic carbocycles. The van der Waals surface area contributed by atoms with Gasteiger partial charge < -0.3 is 28.9 Å². The first-order valence-corrected chi connectivity index (χ1v) is 17.4. The molecule has 0 aromatic heterocycles. The zero-order chi connectivity index (χ0) is 35.2. The molecular formula is C38H47ClN4O6. The maximum absolute atomic E-state index is 14.1. The van der Waals surface area contributed by atoms with Crippen LogP contribution in [-0.4, -0.2) is 104 Å². The molecule has 3 heterocycles. The predicted octanol–water partition coefficient (Wildman–Crippen LogP) is 6.32. The number of anilines is 1. The van der Waals surface area contributed by atoms with Crippen molar-refractivity contribution in [2.75, 3.05) is 64.3 Å². The molecule has 3 aromatic carbocycles. The number of ether oxygens (including phenoxy) is 3. The van der Waals surface area contributed by atoms with Crippen LogP contribution in [0.2, 0.25) is 5.02 Å². The van der Waals surface area contributed by atoms with Crippen LogP contribution < -0.4 is 14.4 Å². The molecule has 3 aliphatic heterocycles. The van der Waals surface area contributed by atoms with Gasteiger partial charge in [-0.25, -0.2) is 4.79 Å². The van der Waals surface area contributed by atoms with Crippen molar-refractivity contribution in [2.24, 2.45) is 11.3 Å². The zero-order valence-corrected chi connectivity index (χ0v) is 30.3. The van der Waals surface area contributed by atoms with Crippen molar-refractivity contribution in [1.82, 2.24) is 14.7 Å². The first-order chi connectivity index (χ1) is 23.1. The molecule has 49 heavy (non-hydrogen) atoms. The highest BCUT2D eigenvalue weighted by Crippen LogP contribution is 2.45. The summed E-state index contributed by atoms with van der Waals surface area (Å²) < 4.78 is 17.9. The zero-order valence-electron chi connectivity index (χ0n) is 29.5. The number of hydrogen-bond donors (Lipinski definition) is 0. The fourth-order valence-corrected chi connectivity index (χ4v) is 6.62. The SMILES string of the molecule is CN1CCN(CC2Oc3cc(-c4cc(OC(=O)C(C)(C)C)cc5ccccc45)c(Cl)cc3N(CC3CN(C(=O)OC(C)(C)C)C3)C2=O)CC1. The highest BCUT2D eigenvalue weighted by atomic mass is 35.5. The van der Waals surface area contributed by atoms with E-state index in [4.69, 9.17) is 25.8 Å². The second-order valence-electron chi connectivity index (χ2n) is 15.5. The number of carbonyl (C=O) groups is 3. The van der Waals surface area contributed by atoms with Crippen LogP contribution in [0.4, 0.5) is 10.5 Å². The molecule has 0 N–H and O–H groups in total. The lowest BCUT2D eigenvalue weighted by Crippen LogP contribution is -2.59. The van der Waals surface area contributed by atoms with Gasteiger partial charge in [0.05, 0.1) is 16.1 Å². The number of nitrogens with zero attached hydrogens (tertiary/aromatic N) is 4. The van der Waals surface area contributed by atoms with Crippen molar-refractivity contribution >= 4 is 46.0 Å². The van der Waals surface area contributed by atoms with Gasteiger partial charge in [-0.15, -0.1) is 0 Å². The van der Waals surface area contributed by atoms with Crippen molar-refractivity contribution in [3.8, 4) is 22.6 Å². The normalized spacial score (nSPS) is 19.3. The number of likely N-dealkylation sites (tertiary alicyclic amines) is 1. The van der Waals surface area contributed by atoms with Crippen LogP contribution in [0, 0.1) is 11.3 Å². The minimum Gasteiger partial charge on any atom is -0.477 e. The third-order valence-corrected chi connectivity index (χ3v) is 9.48. The number of piperazine rings is 1. The molecule has 0 spiro atoms. The number of fused-ring (bicyclic) bond motifs is 2. The van der Waals surface area contributed by atoms with Crippen LogP contribution >= 0.6 is 11.6 Å². The average Bonchev–Trinajstić information content (AvgIpc) is 2.99. The molecule has 2 fully saturated rings. The smallest absolute Gasteiger partial charge is 0.410 e. The van der Waals surface area contributed by atoms with Crippen LogP contribution in [0.3, 0.4) is 0 Å². The van der Waals surface area contributed by atoms with E-state index in [1.807, 2.05) is 84.0 Å². The molecular weight excluding hydrogens is 644 g/mol. The Balaban J connectivity index is 1.34. The van der Waals surface area contributed by atoms with E-state index in [2.05, 4.69) is 16.8 Å². The Hall–Kier alpha value is -3.86. The summed E-state index contributed by atoms with van der Waals surface area (Å²) >= 11 is 7.07.